The van der Waals surface area contributed by atoms with Gasteiger partial charge in [-0.25, -0.2) is 0 Å². The largest absolute Gasteiger partial charge is 0.371 e. The van der Waals surface area contributed by atoms with Crippen LogP contribution >= 0.6 is 0 Å². The van der Waals surface area contributed by atoms with Crippen LogP contribution in [0.3, 0.4) is 0 Å². The van der Waals surface area contributed by atoms with Gasteiger partial charge in [-0.05, 0) is 59.4 Å². The first-order chi connectivity index (χ1) is 9.40. The maximum atomic E-state index is 6.21. The first kappa shape index (κ1) is 16.3. The zero-order valence-corrected chi connectivity index (χ0v) is 14.2. The highest BCUT2D eigenvalue weighted by Gasteiger charge is 2.37. The van der Waals surface area contributed by atoms with Crippen molar-refractivity contribution in [2.75, 3.05) is 19.6 Å². The highest BCUT2D eigenvalue weighted by molar-refractivity contribution is 4.94. The van der Waals surface area contributed by atoms with E-state index in [0.717, 1.165) is 13.1 Å². The van der Waals surface area contributed by atoms with Crippen molar-refractivity contribution < 1.29 is 4.74 Å². The molecule has 20 heavy (non-hydrogen) atoms. The van der Waals surface area contributed by atoms with Crippen molar-refractivity contribution in [1.82, 2.24) is 10.2 Å². The van der Waals surface area contributed by atoms with Gasteiger partial charge in [-0.1, -0.05) is 13.8 Å². The van der Waals surface area contributed by atoms with Crippen molar-refractivity contribution in [2.24, 2.45) is 0 Å². The Morgan fingerprint density at radius 2 is 1.90 bits per heavy atom. The molecule has 0 bridgehead atoms. The second-order valence-electron chi connectivity index (χ2n) is 7.52. The van der Waals surface area contributed by atoms with Crippen LogP contribution in [-0.2, 0) is 4.74 Å². The number of hydrogen-bond donors (Lipinski definition) is 1. The maximum Gasteiger partial charge on any atom is 0.0710 e. The highest BCUT2D eigenvalue weighted by Crippen LogP contribution is 2.31. The third kappa shape index (κ3) is 3.75. The number of ether oxygens (including phenoxy) is 1. The van der Waals surface area contributed by atoms with Crippen molar-refractivity contribution in [3.63, 3.8) is 0 Å². The normalized spacial score (nSPS) is 34.0. The van der Waals surface area contributed by atoms with Crippen LogP contribution in [0.2, 0.25) is 0 Å². The summed E-state index contributed by atoms with van der Waals surface area (Å²) in [5.74, 6) is 0. The van der Waals surface area contributed by atoms with E-state index in [9.17, 15) is 0 Å². The molecular weight excluding hydrogens is 248 g/mol. The Balaban J connectivity index is 2.00. The molecule has 2 aliphatic rings. The molecule has 2 heterocycles. The van der Waals surface area contributed by atoms with E-state index in [0.29, 0.717) is 17.7 Å². The molecule has 0 radical (unpaired) electrons. The van der Waals surface area contributed by atoms with Gasteiger partial charge in [0.1, 0.15) is 0 Å². The molecule has 2 aliphatic heterocycles. The van der Waals surface area contributed by atoms with E-state index in [1.807, 2.05) is 0 Å². The van der Waals surface area contributed by atoms with Crippen LogP contribution in [0.4, 0.5) is 0 Å². The minimum absolute atomic E-state index is 0.0879. The van der Waals surface area contributed by atoms with Crippen LogP contribution < -0.4 is 5.32 Å². The van der Waals surface area contributed by atoms with E-state index in [-0.39, 0.29) is 5.60 Å². The summed E-state index contributed by atoms with van der Waals surface area (Å²) in [4.78, 5) is 2.68. The van der Waals surface area contributed by atoms with Crippen molar-refractivity contribution in [3.05, 3.63) is 0 Å². The topological polar surface area (TPSA) is 24.5 Å². The molecule has 0 saturated carbocycles. The summed E-state index contributed by atoms with van der Waals surface area (Å²) in [7, 11) is 0. The van der Waals surface area contributed by atoms with Crippen molar-refractivity contribution in [2.45, 2.75) is 90.0 Å². The molecule has 2 saturated heterocycles. The fourth-order valence-electron chi connectivity index (χ4n) is 3.77. The lowest BCUT2D eigenvalue weighted by atomic mass is 9.92. The van der Waals surface area contributed by atoms with E-state index in [4.69, 9.17) is 4.74 Å². The van der Waals surface area contributed by atoms with Gasteiger partial charge in [-0.2, -0.15) is 0 Å². The molecule has 0 aliphatic carbocycles. The minimum atomic E-state index is 0.0879. The summed E-state index contributed by atoms with van der Waals surface area (Å²) >= 11 is 0. The first-order valence-electron chi connectivity index (χ1n) is 8.56. The molecule has 3 nitrogen and oxygen atoms in total. The second kappa shape index (κ2) is 6.33. The van der Waals surface area contributed by atoms with Crippen LogP contribution in [0, 0.1) is 0 Å². The summed E-state index contributed by atoms with van der Waals surface area (Å²) in [6.07, 6.45) is 6.52. The summed E-state index contributed by atoms with van der Waals surface area (Å²) < 4.78 is 6.21. The molecule has 2 rings (SSSR count). The molecule has 0 aromatic heterocycles. The monoisotopic (exact) mass is 282 g/mol. The SMILES string of the molecule is CCC1(CC)CN(CC2CCC(C)(C)O2)C(C)CCN1. The third-order valence-electron chi connectivity index (χ3n) is 5.54. The second-order valence-corrected chi connectivity index (χ2v) is 7.52. The first-order valence-corrected chi connectivity index (χ1v) is 8.56. The molecule has 2 unspecified atom stereocenters. The summed E-state index contributed by atoms with van der Waals surface area (Å²) in [5, 5.41) is 3.81. The van der Waals surface area contributed by atoms with E-state index in [1.54, 1.807) is 0 Å². The summed E-state index contributed by atoms with van der Waals surface area (Å²) in [5.41, 5.74) is 0.392. The van der Waals surface area contributed by atoms with Gasteiger partial charge >= 0.3 is 0 Å². The number of hydrogen-bond acceptors (Lipinski definition) is 3. The van der Waals surface area contributed by atoms with Crippen molar-refractivity contribution in [3.8, 4) is 0 Å². The average molecular weight is 282 g/mol. The molecular formula is C17H34N2O. The van der Waals surface area contributed by atoms with Crippen molar-refractivity contribution in [1.29, 1.82) is 0 Å². The van der Waals surface area contributed by atoms with E-state index >= 15 is 0 Å². The fourth-order valence-corrected chi connectivity index (χ4v) is 3.77. The fraction of sp³-hybridized carbons (Fsp3) is 1.00. The third-order valence-corrected chi connectivity index (χ3v) is 5.54. The zero-order valence-electron chi connectivity index (χ0n) is 14.2. The van der Waals surface area contributed by atoms with Gasteiger partial charge in [-0.15, -0.1) is 0 Å². The highest BCUT2D eigenvalue weighted by atomic mass is 16.5. The predicted molar refractivity (Wildman–Crippen MR) is 85.2 cm³/mol. The standard InChI is InChI=1S/C17H34N2O/c1-6-17(7-2)13-19(14(3)9-11-18-17)12-15-8-10-16(4,5)20-15/h14-15,18H,6-13H2,1-5H3. The van der Waals surface area contributed by atoms with E-state index in [1.165, 1.54) is 38.6 Å². The van der Waals surface area contributed by atoms with Crippen LogP contribution in [0.25, 0.3) is 0 Å². The van der Waals surface area contributed by atoms with Gasteiger partial charge in [0.2, 0.25) is 0 Å². The molecule has 0 aromatic carbocycles. The molecule has 0 amide bonds. The molecule has 1 N–H and O–H groups in total. The van der Waals surface area contributed by atoms with E-state index < -0.39 is 0 Å². The molecule has 3 heteroatoms. The zero-order chi connectivity index (χ0) is 14.8. The number of nitrogens with one attached hydrogen (secondary N) is 1. The molecule has 2 atom stereocenters. The average Bonchev–Trinajstić information content (AvgIpc) is 2.66. The molecule has 118 valence electrons. The number of nitrogens with zero attached hydrogens (tertiary/aromatic N) is 1. The Morgan fingerprint density at radius 3 is 2.45 bits per heavy atom. The molecule has 0 spiro atoms. The van der Waals surface area contributed by atoms with Crippen LogP contribution in [0.15, 0.2) is 0 Å². The summed E-state index contributed by atoms with van der Waals surface area (Å²) in [6, 6.07) is 0.662. The lowest BCUT2D eigenvalue weighted by Crippen LogP contribution is -2.52. The van der Waals surface area contributed by atoms with E-state index in [2.05, 4.69) is 44.8 Å². The van der Waals surface area contributed by atoms with Gasteiger partial charge < -0.3 is 10.1 Å². The maximum absolute atomic E-state index is 6.21. The van der Waals surface area contributed by atoms with Crippen molar-refractivity contribution >= 4 is 0 Å². The van der Waals surface area contributed by atoms with Gasteiger partial charge in [0, 0.05) is 24.7 Å². The Morgan fingerprint density at radius 1 is 1.20 bits per heavy atom. The lowest BCUT2D eigenvalue weighted by Gasteiger charge is -2.38. The Kier molecular flexibility index (Phi) is 5.14. The Hall–Kier alpha value is -0.120. The van der Waals surface area contributed by atoms with Gasteiger partial charge in [0.25, 0.3) is 0 Å². The Bertz CT molecular complexity index is 312. The quantitative estimate of drug-likeness (QED) is 0.857. The van der Waals surface area contributed by atoms with Gasteiger partial charge in [0.15, 0.2) is 0 Å². The minimum Gasteiger partial charge on any atom is -0.371 e. The van der Waals surface area contributed by atoms with Crippen LogP contribution in [0.1, 0.15) is 66.7 Å². The van der Waals surface area contributed by atoms with Crippen LogP contribution in [-0.4, -0.2) is 47.8 Å². The van der Waals surface area contributed by atoms with Gasteiger partial charge in [-0.3, -0.25) is 4.90 Å². The Labute approximate surface area is 125 Å². The lowest BCUT2D eigenvalue weighted by molar-refractivity contribution is -0.0351. The predicted octanol–water partition coefficient (Wildman–Crippen LogP) is 3.19. The summed E-state index contributed by atoms with van der Waals surface area (Å²) in [6.45, 7) is 14.9. The van der Waals surface area contributed by atoms with Crippen LogP contribution in [0.5, 0.6) is 0 Å². The number of rotatable bonds is 4. The molecule has 2 fully saturated rings. The smallest absolute Gasteiger partial charge is 0.0710 e. The molecule has 0 aromatic rings. The van der Waals surface area contributed by atoms with Gasteiger partial charge in [0.05, 0.1) is 11.7 Å².